The van der Waals surface area contributed by atoms with Crippen LogP contribution in [0.4, 0.5) is 0 Å². The third-order valence-electron chi connectivity index (χ3n) is 5.24. The fourth-order valence-electron chi connectivity index (χ4n) is 3.68. The zero-order valence-electron chi connectivity index (χ0n) is 16.8. The monoisotopic (exact) mass is 390 g/mol. The van der Waals surface area contributed by atoms with Crippen LogP contribution in [0.1, 0.15) is 12.5 Å². The van der Waals surface area contributed by atoms with Crippen LogP contribution < -0.4 is 10.1 Å². The maximum atomic E-state index is 13.0. The lowest BCUT2D eigenvalue weighted by Gasteiger charge is -2.32. The molecule has 1 saturated heterocycles. The highest BCUT2D eigenvalue weighted by atomic mass is 16.5. The first kappa shape index (κ1) is 19.2. The van der Waals surface area contributed by atoms with E-state index in [0.717, 1.165) is 47.9 Å². The van der Waals surface area contributed by atoms with Crippen LogP contribution in [-0.4, -0.2) is 53.4 Å². The molecule has 4 rings (SSSR count). The van der Waals surface area contributed by atoms with Crippen LogP contribution in [0.15, 0.2) is 60.8 Å². The SMILES string of the molecule is COc1ccc(-c2nn(-c3ccccc3)cc2CC(=O)N2CCNC(C)C2)cc1. The summed E-state index contributed by atoms with van der Waals surface area (Å²) in [5.41, 5.74) is 3.69. The fraction of sp³-hybridized carbons (Fsp3) is 0.304. The molecular weight excluding hydrogens is 364 g/mol. The van der Waals surface area contributed by atoms with Gasteiger partial charge in [0.25, 0.3) is 0 Å². The van der Waals surface area contributed by atoms with Gasteiger partial charge in [-0.25, -0.2) is 4.68 Å². The molecule has 0 radical (unpaired) electrons. The summed E-state index contributed by atoms with van der Waals surface area (Å²) in [5, 5.41) is 8.19. The Labute approximate surface area is 171 Å². The molecule has 2 heterocycles. The molecule has 1 aliphatic heterocycles. The van der Waals surface area contributed by atoms with Crippen LogP contribution >= 0.6 is 0 Å². The number of hydrogen-bond donors (Lipinski definition) is 1. The number of hydrogen-bond acceptors (Lipinski definition) is 4. The van der Waals surface area contributed by atoms with Crippen molar-refractivity contribution < 1.29 is 9.53 Å². The van der Waals surface area contributed by atoms with Crippen molar-refractivity contribution in [3.8, 4) is 22.7 Å². The van der Waals surface area contributed by atoms with E-state index in [4.69, 9.17) is 9.84 Å². The van der Waals surface area contributed by atoms with E-state index in [2.05, 4.69) is 12.2 Å². The van der Waals surface area contributed by atoms with E-state index >= 15 is 0 Å². The zero-order chi connectivity index (χ0) is 20.2. The van der Waals surface area contributed by atoms with Crippen LogP contribution in [0.25, 0.3) is 16.9 Å². The third kappa shape index (κ3) is 4.32. The van der Waals surface area contributed by atoms with Crippen molar-refractivity contribution in [2.75, 3.05) is 26.7 Å². The minimum Gasteiger partial charge on any atom is -0.497 e. The van der Waals surface area contributed by atoms with Crippen molar-refractivity contribution in [3.05, 3.63) is 66.4 Å². The van der Waals surface area contributed by atoms with Gasteiger partial charge in [-0.3, -0.25) is 4.79 Å². The number of ether oxygens (including phenoxy) is 1. The van der Waals surface area contributed by atoms with Gasteiger partial charge in [0.05, 0.1) is 24.9 Å². The predicted molar refractivity (Wildman–Crippen MR) is 113 cm³/mol. The van der Waals surface area contributed by atoms with Crippen molar-refractivity contribution >= 4 is 5.91 Å². The minimum absolute atomic E-state index is 0.140. The number of methoxy groups -OCH3 is 1. The molecule has 29 heavy (non-hydrogen) atoms. The Hall–Kier alpha value is -3.12. The molecule has 0 spiro atoms. The molecule has 0 aliphatic carbocycles. The Morgan fingerprint density at radius 2 is 1.93 bits per heavy atom. The van der Waals surface area contributed by atoms with E-state index in [1.54, 1.807) is 7.11 Å². The third-order valence-corrected chi connectivity index (χ3v) is 5.24. The highest BCUT2D eigenvalue weighted by Gasteiger charge is 2.23. The molecule has 1 atom stereocenters. The summed E-state index contributed by atoms with van der Waals surface area (Å²) in [6, 6.07) is 18.1. The molecule has 1 N–H and O–H groups in total. The van der Waals surface area contributed by atoms with E-state index in [-0.39, 0.29) is 5.91 Å². The number of carbonyl (C=O) groups excluding carboxylic acids is 1. The van der Waals surface area contributed by atoms with Crippen molar-refractivity contribution in [2.45, 2.75) is 19.4 Å². The Bertz CT molecular complexity index is 966. The largest absolute Gasteiger partial charge is 0.497 e. The van der Waals surface area contributed by atoms with Crippen LogP contribution in [0.3, 0.4) is 0 Å². The van der Waals surface area contributed by atoms with Gasteiger partial charge in [0.15, 0.2) is 0 Å². The predicted octanol–water partition coefficient (Wildman–Crippen LogP) is 2.91. The molecule has 1 unspecified atom stereocenters. The lowest BCUT2D eigenvalue weighted by Crippen LogP contribution is -2.51. The number of rotatable bonds is 5. The average Bonchev–Trinajstić information content (AvgIpc) is 3.18. The Kier molecular flexibility index (Phi) is 5.62. The van der Waals surface area contributed by atoms with Crippen molar-refractivity contribution in [1.29, 1.82) is 0 Å². The van der Waals surface area contributed by atoms with Crippen LogP contribution in [0, 0.1) is 0 Å². The van der Waals surface area contributed by atoms with E-state index in [9.17, 15) is 4.79 Å². The minimum atomic E-state index is 0.140. The van der Waals surface area contributed by atoms with E-state index < -0.39 is 0 Å². The summed E-state index contributed by atoms with van der Waals surface area (Å²) < 4.78 is 7.12. The second-order valence-corrected chi connectivity index (χ2v) is 7.38. The van der Waals surface area contributed by atoms with Gasteiger partial charge >= 0.3 is 0 Å². The maximum Gasteiger partial charge on any atom is 0.227 e. The standard InChI is InChI=1S/C23H26N4O2/c1-17-15-26(13-12-24-17)22(28)14-19-16-27(20-6-4-3-5-7-20)25-23(19)18-8-10-21(29-2)11-9-18/h3-11,16-17,24H,12-15H2,1-2H3. The number of amides is 1. The first-order chi connectivity index (χ1) is 14.1. The van der Waals surface area contributed by atoms with Crippen LogP contribution in [-0.2, 0) is 11.2 Å². The quantitative estimate of drug-likeness (QED) is 0.728. The molecule has 1 aromatic heterocycles. The average molecular weight is 390 g/mol. The van der Waals surface area contributed by atoms with Crippen LogP contribution in [0.5, 0.6) is 5.75 Å². The molecule has 6 heteroatoms. The Balaban J connectivity index is 1.66. The normalized spacial score (nSPS) is 16.6. The molecule has 0 saturated carbocycles. The number of para-hydroxylation sites is 1. The molecule has 2 aromatic carbocycles. The first-order valence-electron chi connectivity index (χ1n) is 9.93. The zero-order valence-corrected chi connectivity index (χ0v) is 16.8. The first-order valence-corrected chi connectivity index (χ1v) is 9.93. The number of benzene rings is 2. The van der Waals surface area contributed by atoms with Crippen molar-refractivity contribution in [3.63, 3.8) is 0 Å². The van der Waals surface area contributed by atoms with Gasteiger partial charge in [-0.2, -0.15) is 5.10 Å². The highest BCUT2D eigenvalue weighted by molar-refractivity contribution is 5.81. The summed E-state index contributed by atoms with van der Waals surface area (Å²) in [7, 11) is 1.65. The van der Waals surface area contributed by atoms with Gasteiger partial charge < -0.3 is 15.0 Å². The number of nitrogens with one attached hydrogen (secondary N) is 1. The summed E-state index contributed by atoms with van der Waals surface area (Å²) in [6.45, 7) is 4.43. The number of piperazine rings is 1. The summed E-state index contributed by atoms with van der Waals surface area (Å²) >= 11 is 0. The van der Waals surface area contributed by atoms with E-state index in [0.29, 0.717) is 12.5 Å². The van der Waals surface area contributed by atoms with Gasteiger partial charge in [-0.15, -0.1) is 0 Å². The van der Waals surface area contributed by atoms with Crippen molar-refractivity contribution in [2.24, 2.45) is 0 Å². The molecule has 1 fully saturated rings. The summed E-state index contributed by atoms with van der Waals surface area (Å²) in [6.07, 6.45) is 2.30. The summed E-state index contributed by atoms with van der Waals surface area (Å²) in [4.78, 5) is 14.9. The molecule has 150 valence electrons. The molecule has 1 amide bonds. The highest BCUT2D eigenvalue weighted by Crippen LogP contribution is 2.26. The topological polar surface area (TPSA) is 59.4 Å². The molecule has 0 bridgehead atoms. The lowest BCUT2D eigenvalue weighted by molar-refractivity contribution is -0.131. The molecular formula is C23H26N4O2. The van der Waals surface area contributed by atoms with Gasteiger partial charge in [0.1, 0.15) is 5.75 Å². The Morgan fingerprint density at radius 1 is 1.17 bits per heavy atom. The lowest BCUT2D eigenvalue weighted by atomic mass is 10.0. The van der Waals surface area contributed by atoms with E-state index in [1.165, 1.54) is 0 Å². The van der Waals surface area contributed by atoms with Gasteiger partial charge in [0, 0.05) is 43.0 Å². The van der Waals surface area contributed by atoms with E-state index in [1.807, 2.05) is 70.4 Å². The Morgan fingerprint density at radius 3 is 2.62 bits per heavy atom. The van der Waals surface area contributed by atoms with Crippen molar-refractivity contribution in [1.82, 2.24) is 20.0 Å². The second kappa shape index (κ2) is 8.49. The van der Waals surface area contributed by atoms with Crippen LogP contribution in [0.2, 0.25) is 0 Å². The number of nitrogens with zero attached hydrogens (tertiary/aromatic N) is 3. The summed E-state index contributed by atoms with van der Waals surface area (Å²) in [5.74, 6) is 0.935. The number of aromatic nitrogens is 2. The van der Waals surface area contributed by atoms with Gasteiger partial charge in [0.2, 0.25) is 5.91 Å². The second-order valence-electron chi connectivity index (χ2n) is 7.38. The molecule has 3 aromatic rings. The smallest absolute Gasteiger partial charge is 0.227 e. The fourth-order valence-corrected chi connectivity index (χ4v) is 3.68. The van der Waals surface area contributed by atoms with Gasteiger partial charge in [-0.05, 0) is 43.3 Å². The van der Waals surface area contributed by atoms with Gasteiger partial charge in [-0.1, -0.05) is 18.2 Å². The number of carbonyl (C=O) groups is 1. The molecule has 6 nitrogen and oxygen atoms in total. The molecule has 1 aliphatic rings. The maximum absolute atomic E-state index is 13.0.